The van der Waals surface area contributed by atoms with Crippen molar-refractivity contribution in [2.45, 2.75) is 44.2 Å². The fourth-order valence-electron chi connectivity index (χ4n) is 2.04. The predicted molar refractivity (Wildman–Crippen MR) is 39.3 cm³/mol. The summed E-state index contributed by atoms with van der Waals surface area (Å²) in [5.74, 6) is 0. The molecular formula is C8H14O3. The fourth-order valence-corrected chi connectivity index (χ4v) is 2.04. The maximum atomic E-state index is 9.70. The van der Waals surface area contributed by atoms with Gasteiger partial charge in [0.1, 0.15) is 17.8 Å². The van der Waals surface area contributed by atoms with E-state index in [4.69, 9.17) is 9.47 Å². The van der Waals surface area contributed by atoms with Gasteiger partial charge in [0.05, 0.1) is 12.7 Å². The van der Waals surface area contributed by atoms with Gasteiger partial charge in [-0.2, -0.15) is 0 Å². The molecular weight excluding hydrogens is 144 g/mol. The lowest BCUT2D eigenvalue weighted by molar-refractivity contribution is -0.139. The second-order valence-corrected chi connectivity index (χ2v) is 3.46. The molecule has 2 rings (SSSR count). The SMILES string of the molecule is CC[C@@]12CO[C@@H](C1O)[C@H](C)O2. The van der Waals surface area contributed by atoms with E-state index in [0.717, 1.165) is 6.42 Å². The third kappa shape index (κ3) is 0.789. The molecule has 1 unspecified atom stereocenters. The van der Waals surface area contributed by atoms with E-state index < -0.39 is 6.10 Å². The van der Waals surface area contributed by atoms with Gasteiger partial charge in [-0.05, 0) is 13.3 Å². The minimum Gasteiger partial charge on any atom is -0.387 e. The van der Waals surface area contributed by atoms with Crippen molar-refractivity contribution in [1.29, 1.82) is 0 Å². The minimum atomic E-state index is -0.414. The van der Waals surface area contributed by atoms with Gasteiger partial charge in [-0.1, -0.05) is 6.92 Å². The third-order valence-electron chi connectivity index (χ3n) is 2.85. The second kappa shape index (κ2) is 2.19. The number of hydrogen-bond acceptors (Lipinski definition) is 3. The van der Waals surface area contributed by atoms with E-state index in [-0.39, 0.29) is 17.8 Å². The van der Waals surface area contributed by atoms with Crippen molar-refractivity contribution in [3.8, 4) is 0 Å². The maximum Gasteiger partial charge on any atom is 0.120 e. The van der Waals surface area contributed by atoms with Crippen LogP contribution in [0.3, 0.4) is 0 Å². The quantitative estimate of drug-likeness (QED) is 0.597. The van der Waals surface area contributed by atoms with Crippen molar-refractivity contribution in [3.63, 3.8) is 0 Å². The van der Waals surface area contributed by atoms with Crippen LogP contribution in [-0.4, -0.2) is 35.6 Å². The standard InChI is InChI=1S/C8H14O3/c1-3-8-4-10-6(7(8)9)5(2)11-8/h5-7,9H,3-4H2,1-2H3/t5-,6+,7?,8+/m0/s1. The zero-order valence-electron chi connectivity index (χ0n) is 6.91. The Kier molecular flexibility index (Phi) is 1.50. The topological polar surface area (TPSA) is 38.7 Å². The third-order valence-corrected chi connectivity index (χ3v) is 2.85. The molecule has 11 heavy (non-hydrogen) atoms. The van der Waals surface area contributed by atoms with Crippen molar-refractivity contribution in [2.24, 2.45) is 0 Å². The molecule has 3 heteroatoms. The molecule has 0 aromatic carbocycles. The van der Waals surface area contributed by atoms with Crippen LogP contribution in [0.15, 0.2) is 0 Å². The first-order valence-corrected chi connectivity index (χ1v) is 4.17. The van der Waals surface area contributed by atoms with Crippen molar-refractivity contribution < 1.29 is 14.6 Å². The molecule has 1 N–H and O–H groups in total. The average molecular weight is 158 g/mol. The van der Waals surface area contributed by atoms with E-state index in [0.29, 0.717) is 6.61 Å². The highest BCUT2D eigenvalue weighted by Crippen LogP contribution is 2.41. The van der Waals surface area contributed by atoms with Gasteiger partial charge in [0, 0.05) is 0 Å². The normalized spacial score (nSPS) is 55.4. The molecule has 0 amide bonds. The van der Waals surface area contributed by atoms with E-state index in [1.165, 1.54) is 0 Å². The summed E-state index contributed by atoms with van der Waals surface area (Å²) in [6.07, 6.45) is 0.380. The van der Waals surface area contributed by atoms with Gasteiger partial charge in [0.2, 0.25) is 0 Å². The molecule has 2 saturated heterocycles. The van der Waals surface area contributed by atoms with Gasteiger partial charge < -0.3 is 14.6 Å². The monoisotopic (exact) mass is 158 g/mol. The first-order chi connectivity index (χ1) is 5.19. The second-order valence-electron chi connectivity index (χ2n) is 3.46. The Labute approximate surface area is 66.3 Å². The van der Waals surface area contributed by atoms with Crippen LogP contribution in [0.2, 0.25) is 0 Å². The van der Waals surface area contributed by atoms with E-state index in [1.807, 2.05) is 13.8 Å². The molecule has 0 spiro atoms. The Morgan fingerprint density at radius 1 is 1.64 bits per heavy atom. The van der Waals surface area contributed by atoms with Gasteiger partial charge in [-0.3, -0.25) is 0 Å². The van der Waals surface area contributed by atoms with Crippen molar-refractivity contribution in [3.05, 3.63) is 0 Å². The summed E-state index contributed by atoms with van der Waals surface area (Å²) in [7, 11) is 0. The van der Waals surface area contributed by atoms with Crippen LogP contribution in [0, 0.1) is 0 Å². The lowest BCUT2D eigenvalue weighted by Crippen LogP contribution is -2.39. The van der Waals surface area contributed by atoms with Crippen LogP contribution in [0.25, 0.3) is 0 Å². The molecule has 0 aliphatic carbocycles. The van der Waals surface area contributed by atoms with Crippen LogP contribution < -0.4 is 0 Å². The molecule has 2 fully saturated rings. The summed E-state index contributed by atoms with van der Waals surface area (Å²) < 4.78 is 11.0. The highest BCUT2D eigenvalue weighted by molar-refractivity contribution is 5.05. The summed E-state index contributed by atoms with van der Waals surface area (Å²) in [5.41, 5.74) is -0.385. The highest BCUT2D eigenvalue weighted by Gasteiger charge is 2.58. The van der Waals surface area contributed by atoms with Crippen LogP contribution >= 0.6 is 0 Å². The molecule has 2 heterocycles. The maximum absolute atomic E-state index is 9.70. The molecule has 0 radical (unpaired) electrons. The van der Waals surface area contributed by atoms with E-state index >= 15 is 0 Å². The molecule has 64 valence electrons. The van der Waals surface area contributed by atoms with E-state index in [2.05, 4.69) is 0 Å². The van der Waals surface area contributed by atoms with Gasteiger partial charge in [-0.15, -0.1) is 0 Å². The first-order valence-electron chi connectivity index (χ1n) is 4.17. The summed E-state index contributed by atoms with van der Waals surface area (Å²) in [5, 5.41) is 9.70. The Morgan fingerprint density at radius 2 is 2.36 bits per heavy atom. The van der Waals surface area contributed by atoms with Gasteiger partial charge in [0.25, 0.3) is 0 Å². The fraction of sp³-hybridized carbons (Fsp3) is 1.00. The number of aliphatic hydroxyl groups is 1. The summed E-state index contributed by atoms with van der Waals surface area (Å²) in [6.45, 7) is 4.52. The molecule has 2 aliphatic heterocycles. The number of fused-ring (bicyclic) bond motifs is 2. The zero-order chi connectivity index (χ0) is 8.06. The zero-order valence-corrected chi connectivity index (χ0v) is 6.91. The van der Waals surface area contributed by atoms with Crippen LogP contribution in [0.1, 0.15) is 20.3 Å². The number of rotatable bonds is 1. The molecule has 4 atom stereocenters. The molecule has 0 saturated carbocycles. The average Bonchev–Trinajstić information content (AvgIpc) is 2.42. The van der Waals surface area contributed by atoms with Crippen molar-refractivity contribution in [1.82, 2.24) is 0 Å². The number of hydrogen-bond donors (Lipinski definition) is 1. The van der Waals surface area contributed by atoms with Crippen molar-refractivity contribution in [2.75, 3.05) is 6.61 Å². The van der Waals surface area contributed by atoms with Gasteiger partial charge in [-0.25, -0.2) is 0 Å². The lowest BCUT2D eigenvalue weighted by atomic mass is 9.96. The summed E-state index contributed by atoms with van der Waals surface area (Å²) in [6, 6.07) is 0. The Bertz CT molecular complexity index is 171. The Morgan fingerprint density at radius 3 is 2.64 bits per heavy atom. The first kappa shape index (κ1) is 7.53. The lowest BCUT2D eigenvalue weighted by Gasteiger charge is -2.27. The number of ether oxygens (including phenoxy) is 2. The van der Waals surface area contributed by atoms with E-state index in [9.17, 15) is 5.11 Å². The molecule has 0 aromatic heterocycles. The highest BCUT2D eigenvalue weighted by atomic mass is 16.6. The largest absolute Gasteiger partial charge is 0.387 e. The molecule has 2 bridgehead atoms. The molecule has 2 aliphatic rings. The van der Waals surface area contributed by atoms with E-state index in [1.54, 1.807) is 0 Å². The van der Waals surface area contributed by atoms with Crippen molar-refractivity contribution >= 4 is 0 Å². The predicted octanol–water partition coefficient (Wildman–Crippen LogP) is 0.314. The van der Waals surface area contributed by atoms with Crippen LogP contribution in [0.4, 0.5) is 0 Å². The van der Waals surface area contributed by atoms with Crippen LogP contribution in [0.5, 0.6) is 0 Å². The smallest absolute Gasteiger partial charge is 0.120 e. The van der Waals surface area contributed by atoms with Gasteiger partial charge >= 0.3 is 0 Å². The molecule has 3 nitrogen and oxygen atoms in total. The Hall–Kier alpha value is -0.120. The summed E-state index contributed by atoms with van der Waals surface area (Å²) in [4.78, 5) is 0. The summed E-state index contributed by atoms with van der Waals surface area (Å²) >= 11 is 0. The van der Waals surface area contributed by atoms with Crippen LogP contribution in [-0.2, 0) is 9.47 Å². The van der Waals surface area contributed by atoms with Gasteiger partial charge in [0.15, 0.2) is 0 Å². The number of aliphatic hydroxyl groups excluding tert-OH is 1. The molecule has 0 aromatic rings. The minimum absolute atomic E-state index is 0.0544. The Balaban J connectivity index is 2.24.